The molecule has 2 aromatic carbocycles. The molecule has 0 aliphatic rings. The van der Waals surface area contributed by atoms with Gasteiger partial charge >= 0.3 is 0 Å². The van der Waals surface area contributed by atoms with Gasteiger partial charge in [-0.2, -0.15) is 0 Å². The molecule has 1 N–H and O–H groups in total. The average molecular weight is 371 g/mol. The number of fused-ring (bicyclic) bond motifs is 1. The van der Waals surface area contributed by atoms with Crippen LogP contribution in [0.2, 0.25) is 0 Å². The van der Waals surface area contributed by atoms with Crippen molar-refractivity contribution in [1.82, 2.24) is 14.9 Å². The Morgan fingerprint density at radius 3 is 2.65 bits per heavy atom. The van der Waals surface area contributed by atoms with Crippen molar-refractivity contribution in [1.29, 1.82) is 0 Å². The van der Waals surface area contributed by atoms with Gasteiger partial charge in [0.1, 0.15) is 11.6 Å². The fourth-order valence-electron chi connectivity index (χ4n) is 2.53. The first-order valence-corrected chi connectivity index (χ1v) is 9.19. The SMILES string of the molecule is CCN(Cc1nc2ccccc2c(=O)[nH]1)C(=O)CSc1ccc(F)cc1. The van der Waals surface area contributed by atoms with Crippen LogP contribution in [0.4, 0.5) is 4.39 Å². The van der Waals surface area contributed by atoms with Crippen molar-refractivity contribution in [2.24, 2.45) is 0 Å². The van der Waals surface area contributed by atoms with Gasteiger partial charge in [-0.1, -0.05) is 12.1 Å². The molecule has 0 spiro atoms. The van der Waals surface area contributed by atoms with E-state index in [2.05, 4.69) is 9.97 Å². The number of nitrogens with one attached hydrogen (secondary N) is 1. The Morgan fingerprint density at radius 2 is 1.92 bits per heavy atom. The number of thioether (sulfide) groups is 1. The maximum absolute atomic E-state index is 12.9. The van der Waals surface area contributed by atoms with Gasteiger partial charge in [0.15, 0.2) is 0 Å². The molecule has 0 radical (unpaired) electrons. The van der Waals surface area contributed by atoms with Crippen LogP contribution in [0.5, 0.6) is 0 Å². The van der Waals surface area contributed by atoms with Crippen molar-refractivity contribution in [3.8, 4) is 0 Å². The van der Waals surface area contributed by atoms with Crippen LogP contribution in [0.15, 0.2) is 58.2 Å². The van der Waals surface area contributed by atoms with Crippen LogP contribution in [0.25, 0.3) is 10.9 Å². The molecule has 0 atom stereocenters. The number of carbonyl (C=O) groups is 1. The van der Waals surface area contributed by atoms with Gasteiger partial charge in [-0.15, -0.1) is 11.8 Å². The number of para-hydroxylation sites is 1. The van der Waals surface area contributed by atoms with Gasteiger partial charge in [0.05, 0.1) is 23.2 Å². The van der Waals surface area contributed by atoms with Crippen molar-refractivity contribution in [3.05, 3.63) is 70.5 Å². The van der Waals surface area contributed by atoms with E-state index >= 15 is 0 Å². The highest BCUT2D eigenvalue weighted by atomic mass is 32.2. The predicted octanol–water partition coefficient (Wildman–Crippen LogP) is 3.20. The molecule has 1 aromatic heterocycles. The molecule has 0 aliphatic carbocycles. The minimum absolute atomic E-state index is 0.0716. The zero-order chi connectivity index (χ0) is 18.5. The fraction of sp³-hybridized carbons (Fsp3) is 0.211. The number of hydrogen-bond acceptors (Lipinski definition) is 4. The Balaban J connectivity index is 1.69. The van der Waals surface area contributed by atoms with E-state index in [-0.39, 0.29) is 29.6 Å². The number of carbonyl (C=O) groups excluding carboxylic acids is 1. The highest BCUT2D eigenvalue weighted by Gasteiger charge is 2.14. The van der Waals surface area contributed by atoms with Gasteiger partial charge in [-0.25, -0.2) is 9.37 Å². The van der Waals surface area contributed by atoms with E-state index in [1.54, 1.807) is 35.2 Å². The van der Waals surface area contributed by atoms with E-state index in [1.165, 1.54) is 23.9 Å². The molecule has 0 aliphatic heterocycles. The van der Waals surface area contributed by atoms with Crippen LogP contribution in [-0.4, -0.2) is 33.1 Å². The lowest BCUT2D eigenvalue weighted by Gasteiger charge is -2.20. The van der Waals surface area contributed by atoms with E-state index < -0.39 is 0 Å². The summed E-state index contributed by atoms with van der Waals surface area (Å²) >= 11 is 1.35. The van der Waals surface area contributed by atoms with E-state index in [0.29, 0.717) is 23.3 Å². The molecule has 0 fully saturated rings. The normalized spacial score (nSPS) is 10.8. The summed E-state index contributed by atoms with van der Waals surface area (Å²) in [6.07, 6.45) is 0. The van der Waals surface area contributed by atoms with Crippen LogP contribution in [0, 0.1) is 5.82 Å². The monoisotopic (exact) mass is 371 g/mol. The first kappa shape index (κ1) is 18.1. The summed E-state index contributed by atoms with van der Waals surface area (Å²) in [4.78, 5) is 34.3. The van der Waals surface area contributed by atoms with E-state index in [1.807, 2.05) is 13.0 Å². The van der Waals surface area contributed by atoms with Crippen LogP contribution >= 0.6 is 11.8 Å². The minimum atomic E-state index is -0.304. The molecule has 7 heteroatoms. The molecule has 0 saturated carbocycles. The highest BCUT2D eigenvalue weighted by Crippen LogP contribution is 2.19. The number of halogens is 1. The number of nitrogens with zero attached hydrogens (tertiary/aromatic N) is 2. The first-order valence-electron chi connectivity index (χ1n) is 8.21. The molecule has 0 unspecified atom stereocenters. The number of aromatic amines is 1. The van der Waals surface area contributed by atoms with Gasteiger partial charge in [-0.3, -0.25) is 9.59 Å². The Hall–Kier alpha value is -2.67. The Bertz CT molecular complexity index is 972. The number of rotatable bonds is 6. The first-order chi connectivity index (χ1) is 12.6. The Morgan fingerprint density at radius 1 is 1.19 bits per heavy atom. The highest BCUT2D eigenvalue weighted by molar-refractivity contribution is 8.00. The second-order valence-electron chi connectivity index (χ2n) is 5.68. The smallest absolute Gasteiger partial charge is 0.258 e. The van der Waals surface area contributed by atoms with Crippen molar-refractivity contribution in [3.63, 3.8) is 0 Å². The second kappa shape index (κ2) is 8.14. The molecule has 3 rings (SSSR count). The summed E-state index contributed by atoms with van der Waals surface area (Å²) in [7, 11) is 0. The summed E-state index contributed by atoms with van der Waals surface area (Å²) in [6, 6.07) is 13.1. The molecule has 5 nitrogen and oxygen atoms in total. The van der Waals surface area contributed by atoms with Gasteiger partial charge in [-0.05, 0) is 43.3 Å². The van der Waals surface area contributed by atoms with E-state index in [4.69, 9.17) is 0 Å². The molecule has 134 valence electrons. The van der Waals surface area contributed by atoms with E-state index in [9.17, 15) is 14.0 Å². The summed E-state index contributed by atoms with van der Waals surface area (Å²) in [5.74, 6) is 0.313. The quantitative estimate of drug-likeness (QED) is 0.676. The fourth-order valence-corrected chi connectivity index (χ4v) is 3.34. The van der Waals surface area contributed by atoms with Gasteiger partial charge in [0.25, 0.3) is 5.56 Å². The third kappa shape index (κ3) is 4.29. The molecule has 0 bridgehead atoms. The van der Waals surface area contributed by atoms with Crippen LogP contribution in [-0.2, 0) is 11.3 Å². The summed E-state index contributed by atoms with van der Waals surface area (Å²) in [5.41, 5.74) is 0.394. The van der Waals surface area contributed by atoms with Crippen molar-refractivity contribution in [2.75, 3.05) is 12.3 Å². The largest absolute Gasteiger partial charge is 0.335 e. The summed E-state index contributed by atoms with van der Waals surface area (Å²) in [5, 5.41) is 0.525. The van der Waals surface area contributed by atoms with Crippen molar-refractivity contribution >= 4 is 28.6 Å². The predicted molar refractivity (Wildman–Crippen MR) is 101 cm³/mol. The van der Waals surface area contributed by atoms with Gasteiger partial charge in [0.2, 0.25) is 5.91 Å². The van der Waals surface area contributed by atoms with Gasteiger partial charge < -0.3 is 9.88 Å². The molecular formula is C19H18FN3O2S. The zero-order valence-corrected chi connectivity index (χ0v) is 15.1. The third-order valence-corrected chi connectivity index (χ3v) is 4.91. The lowest BCUT2D eigenvalue weighted by molar-refractivity contribution is -0.128. The number of H-pyrrole nitrogens is 1. The number of amides is 1. The van der Waals surface area contributed by atoms with E-state index in [0.717, 1.165) is 4.90 Å². The van der Waals surface area contributed by atoms with Crippen molar-refractivity contribution in [2.45, 2.75) is 18.4 Å². The summed E-state index contributed by atoms with van der Waals surface area (Å²) < 4.78 is 12.9. The maximum Gasteiger partial charge on any atom is 0.258 e. The summed E-state index contributed by atoms with van der Waals surface area (Å²) in [6.45, 7) is 2.61. The van der Waals surface area contributed by atoms with Gasteiger partial charge in [0, 0.05) is 11.4 Å². The van der Waals surface area contributed by atoms with Crippen molar-refractivity contribution < 1.29 is 9.18 Å². The number of aromatic nitrogens is 2. The Kier molecular flexibility index (Phi) is 5.68. The minimum Gasteiger partial charge on any atom is -0.335 e. The average Bonchev–Trinajstić information content (AvgIpc) is 2.65. The molecule has 1 heterocycles. The van der Waals surface area contributed by atoms with Crippen LogP contribution in [0.1, 0.15) is 12.7 Å². The standard InChI is InChI=1S/C19H18FN3O2S/c1-2-23(18(24)12-26-14-9-7-13(20)8-10-14)11-17-21-16-6-4-3-5-15(16)19(25)22-17/h3-10H,2,11-12H2,1H3,(H,21,22,25). The molecular weight excluding hydrogens is 353 g/mol. The Labute approximate surface area is 154 Å². The molecule has 3 aromatic rings. The number of hydrogen-bond donors (Lipinski definition) is 1. The van der Waals surface area contributed by atoms with Crippen LogP contribution < -0.4 is 5.56 Å². The molecule has 0 saturated heterocycles. The maximum atomic E-state index is 12.9. The zero-order valence-electron chi connectivity index (χ0n) is 14.2. The lowest BCUT2D eigenvalue weighted by Crippen LogP contribution is -2.33. The third-order valence-electron chi connectivity index (χ3n) is 3.91. The number of benzene rings is 2. The second-order valence-corrected chi connectivity index (χ2v) is 6.73. The lowest BCUT2D eigenvalue weighted by atomic mass is 10.2. The molecule has 26 heavy (non-hydrogen) atoms. The topological polar surface area (TPSA) is 66.1 Å². The van der Waals surface area contributed by atoms with Crippen LogP contribution in [0.3, 0.4) is 0 Å². The molecule has 1 amide bonds.